The van der Waals surface area contributed by atoms with Crippen molar-refractivity contribution in [3.63, 3.8) is 0 Å². The summed E-state index contributed by atoms with van der Waals surface area (Å²) in [7, 11) is 8.07. The lowest BCUT2D eigenvalue weighted by molar-refractivity contribution is 0.324. The van der Waals surface area contributed by atoms with Gasteiger partial charge in [0.25, 0.3) is 0 Å². The predicted molar refractivity (Wildman–Crippen MR) is 129 cm³/mol. The molecule has 33 heavy (non-hydrogen) atoms. The van der Waals surface area contributed by atoms with Crippen molar-refractivity contribution in [2.24, 2.45) is 0 Å². The van der Waals surface area contributed by atoms with Crippen LogP contribution in [0.3, 0.4) is 0 Å². The van der Waals surface area contributed by atoms with Gasteiger partial charge in [-0.1, -0.05) is 30.3 Å². The molecule has 0 bridgehead atoms. The lowest BCUT2D eigenvalue weighted by atomic mass is 10.1. The minimum atomic E-state index is 0.532. The van der Waals surface area contributed by atoms with Gasteiger partial charge in [-0.2, -0.15) is 0 Å². The summed E-state index contributed by atoms with van der Waals surface area (Å²) in [6.45, 7) is 0.650. The highest BCUT2D eigenvalue weighted by Crippen LogP contribution is 2.48. The SMILES string of the molecule is COc1cc(-c2ncn(Cc3ccccc3)c2-c2scc(OC)c2OC)cc(OC)c1OC. The van der Waals surface area contributed by atoms with Crippen molar-refractivity contribution < 1.29 is 23.7 Å². The van der Waals surface area contributed by atoms with E-state index in [0.717, 1.165) is 27.4 Å². The van der Waals surface area contributed by atoms with Gasteiger partial charge in [0.2, 0.25) is 5.75 Å². The molecule has 2 heterocycles. The van der Waals surface area contributed by atoms with E-state index in [4.69, 9.17) is 28.7 Å². The van der Waals surface area contributed by atoms with Crippen LogP contribution in [0, 0.1) is 0 Å². The lowest BCUT2D eigenvalue weighted by Gasteiger charge is -2.15. The number of hydrogen-bond donors (Lipinski definition) is 0. The van der Waals surface area contributed by atoms with Gasteiger partial charge >= 0.3 is 0 Å². The Morgan fingerprint density at radius 3 is 2.00 bits per heavy atom. The second kappa shape index (κ2) is 9.87. The Morgan fingerprint density at radius 2 is 1.42 bits per heavy atom. The summed E-state index contributed by atoms with van der Waals surface area (Å²) >= 11 is 1.55. The quantitative estimate of drug-likeness (QED) is 0.330. The summed E-state index contributed by atoms with van der Waals surface area (Å²) in [5.41, 5.74) is 3.68. The Bertz CT molecular complexity index is 1210. The molecular formula is C25H26N2O5S. The average molecular weight is 467 g/mol. The zero-order valence-electron chi connectivity index (χ0n) is 19.2. The van der Waals surface area contributed by atoms with Crippen molar-refractivity contribution in [1.29, 1.82) is 0 Å². The number of nitrogens with zero attached hydrogens (tertiary/aromatic N) is 2. The van der Waals surface area contributed by atoms with Crippen LogP contribution in [-0.2, 0) is 6.54 Å². The van der Waals surface area contributed by atoms with Crippen LogP contribution in [0.2, 0.25) is 0 Å². The molecule has 8 heteroatoms. The minimum Gasteiger partial charge on any atom is -0.493 e. The molecule has 0 fully saturated rings. The Morgan fingerprint density at radius 1 is 0.788 bits per heavy atom. The topological polar surface area (TPSA) is 64.0 Å². The Balaban J connectivity index is 1.94. The molecule has 2 aromatic carbocycles. The van der Waals surface area contributed by atoms with Gasteiger partial charge in [-0.15, -0.1) is 11.3 Å². The first kappa shape index (κ1) is 22.5. The fourth-order valence-electron chi connectivity index (χ4n) is 3.78. The van der Waals surface area contributed by atoms with Crippen molar-refractivity contribution in [2.75, 3.05) is 35.5 Å². The van der Waals surface area contributed by atoms with E-state index in [9.17, 15) is 0 Å². The lowest BCUT2D eigenvalue weighted by Crippen LogP contribution is -2.01. The Labute approximate surface area is 197 Å². The zero-order chi connectivity index (χ0) is 23.4. The molecule has 0 unspecified atom stereocenters. The molecule has 0 N–H and O–H groups in total. The van der Waals surface area contributed by atoms with Gasteiger partial charge in [0, 0.05) is 17.5 Å². The molecule has 4 rings (SSSR count). The second-order valence-electron chi connectivity index (χ2n) is 7.14. The number of imidazole rings is 1. The smallest absolute Gasteiger partial charge is 0.203 e. The van der Waals surface area contributed by atoms with Crippen LogP contribution in [0.1, 0.15) is 5.56 Å². The highest BCUT2D eigenvalue weighted by molar-refractivity contribution is 7.14. The Hall–Kier alpha value is -3.65. The number of aromatic nitrogens is 2. The Kier molecular flexibility index (Phi) is 6.74. The summed E-state index contributed by atoms with van der Waals surface area (Å²) in [6, 6.07) is 14.0. The van der Waals surface area contributed by atoms with Crippen molar-refractivity contribution in [1.82, 2.24) is 9.55 Å². The summed E-state index contributed by atoms with van der Waals surface area (Å²) in [5, 5.41) is 1.94. The van der Waals surface area contributed by atoms with E-state index in [1.54, 1.807) is 46.9 Å². The molecule has 2 aromatic heterocycles. The highest BCUT2D eigenvalue weighted by Gasteiger charge is 2.25. The van der Waals surface area contributed by atoms with E-state index in [1.807, 2.05) is 42.0 Å². The van der Waals surface area contributed by atoms with E-state index < -0.39 is 0 Å². The third-order valence-corrected chi connectivity index (χ3v) is 6.27. The van der Waals surface area contributed by atoms with Crippen LogP contribution in [-0.4, -0.2) is 45.1 Å². The molecule has 0 saturated heterocycles. The summed E-state index contributed by atoms with van der Waals surface area (Å²) in [6.07, 6.45) is 1.84. The molecule has 7 nitrogen and oxygen atoms in total. The molecule has 0 amide bonds. The summed E-state index contributed by atoms with van der Waals surface area (Å²) in [5.74, 6) is 3.01. The third-order valence-electron chi connectivity index (χ3n) is 5.32. The molecule has 0 aliphatic rings. The van der Waals surface area contributed by atoms with E-state index in [1.165, 1.54) is 0 Å². The van der Waals surface area contributed by atoms with Gasteiger partial charge in [-0.25, -0.2) is 4.98 Å². The van der Waals surface area contributed by atoms with Gasteiger partial charge in [0.15, 0.2) is 23.0 Å². The maximum absolute atomic E-state index is 5.73. The number of hydrogen-bond acceptors (Lipinski definition) is 7. The monoisotopic (exact) mass is 466 g/mol. The standard InChI is InChI=1S/C25H26N2O5S/c1-28-18-11-17(12-19(29-2)23(18)31-4)21-22(25-24(32-5)20(30-3)14-33-25)27(15-26-21)13-16-9-7-6-8-10-16/h6-12,14-15H,13H2,1-5H3. The van der Waals surface area contributed by atoms with Crippen LogP contribution in [0.4, 0.5) is 0 Å². The molecular weight excluding hydrogens is 440 g/mol. The molecule has 0 aliphatic carbocycles. The van der Waals surface area contributed by atoms with Crippen LogP contribution in [0.15, 0.2) is 54.2 Å². The number of benzene rings is 2. The van der Waals surface area contributed by atoms with Crippen LogP contribution < -0.4 is 23.7 Å². The molecule has 4 aromatic rings. The highest BCUT2D eigenvalue weighted by atomic mass is 32.1. The number of rotatable bonds is 9. The van der Waals surface area contributed by atoms with E-state index in [2.05, 4.69) is 16.7 Å². The molecule has 0 spiro atoms. The van der Waals surface area contributed by atoms with Gasteiger partial charge in [0.1, 0.15) is 0 Å². The first-order valence-corrected chi connectivity index (χ1v) is 11.1. The number of methoxy groups -OCH3 is 5. The molecule has 172 valence electrons. The van der Waals surface area contributed by atoms with E-state index in [-0.39, 0.29) is 0 Å². The zero-order valence-corrected chi connectivity index (χ0v) is 20.1. The van der Waals surface area contributed by atoms with Crippen LogP contribution in [0.5, 0.6) is 28.7 Å². The molecule has 0 radical (unpaired) electrons. The molecule has 0 saturated carbocycles. The van der Waals surface area contributed by atoms with Crippen LogP contribution in [0.25, 0.3) is 21.8 Å². The minimum absolute atomic E-state index is 0.532. The maximum Gasteiger partial charge on any atom is 0.203 e. The van der Waals surface area contributed by atoms with Crippen molar-refractivity contribution >= 4 is 11.3 Å². The summed E-state index contributed by atoms with van der Waals surface area (Å²) < 4.78 is 30.0. The normalized spacial score (nSPS) is 10.7. The van der Waals surface area contributed by atoms with Gasteiger partial charge in [-0.05, 0) is 17.7 Å². The first-order chi connectivity index (χ1) is 16.1. The third kappa shape index (κ3) is 4.21. The first-order valence-electron chi connectivity index (χ1n) is 10.2. The van der Waals surface area contributed by atoms with Gasteiger partial charge < -0.3 is 28.3 Å². The molecule has 0 aliphatic heterocycles. The van der Waals surface area contributed by atoms with Gasteiger partial charge in [0.05, 0.1) is 58.1 Å². The number of ether oxygens (including phenoxy) is 5. The van der Waals surface area contributed by atoms with Crippen molar-refractivity contribution in [3.8, 4) is 50.6 Å². The number of thiophene rings is 1. The van der Waals surface area contributed by atoms with Gasteiger partial charge in [-0.3, -0.25) is 0 Å². The van der Waals surface area contributed by atoms with Crippen molar-refractivity contribution in [2.45, 2.75) is 6.54 Å². The average Bonchev–Trinajstić information content (AvgIpc) is 3.46. The largest absolute Gasteiger partial charge is 0.493 e. The predicted octanol–water partition coefficient (Wildman–Crippen LogP) is 5.37. The van der Waals surface area contributed by atoms with Crippen LogP contribution >= 0.6 is 11.3 Å². The second-order valence-corrected chi connectivity index (χ2v) is 8.02. The summed E-state index contributed by atoms with van der Waals surface area (Å²) in [4.78, 5) is 5.72. The van der Waals surface area contributed by atoms with Crippen molar-refractivity contribution in [3.05, 3.63) is 59.7 Å². The maximum atomic E-state index is 5.73. The van der Waals surface area contributed by atoms with E-state index in [0.29, 0.717) is 35.3 Å². The fourth-order valence-corrected chi connectivity index (χ4v) is 4.82. The molecule has 0 atom stereocenters. The van der Waals surface area contributed by atoms with E-state index >= 15 is 0 Å². The fraction of sp³-hybridized carbons (Fsp3) is 0.240.